The molecule has 0 aliphatic rings. The van der Waals surface area contributed by atoms with E-state index in [1.165, 1.54) is 52.5 Å². The van der Waals surface area contributed by atoms with Crippen LogP contribution in [-0.4, -0.2) is 15.0 Å². The minimum Gasteiger partial charge on any atom is -0.455 e. The molecule has 0 N–H and O–H groups in total. The highest BCUT2D eigenvalue weighted by atomic mass is 32.1. The Hall–Kier alpha value is -7.21. The monoisotopic (exact) mass is 731 g/mol. The molecule has 3 aromatic heterocycles. The highest BCUT2D eigenvalue weighted by Gasteiger charge is 2.21. The van der Waals surface area contributed by atoms with Crippen molar-refractivity contribution in [2.75, 3.05) is 0 Å². The van der Waals surface area contributed by atoms with Gasteiger partial charge in [0.2, 0.25) is 0 Å². The number of benzene rings is 9. The first-order valence-electron chi connectivity index (χ1n) is 18.8. The van der Waals surface area contributed by atoms with Crippen LogP contribution in [0.4, 0.5) is 0 Å². The molecule has 0 radical (unpaired) electrons. The maximum absolute atomic E-state index is 6.85. The molecule has 0 aliphatic carbocycles. The Balaban J connectivity index is 1.08. The van der Waals surface area contributed by atoms with Crippen molar-refractivity contribution in [1.82, 2.24) is 15.0 Å². The number of thiophene rings is 1. The van der Waals surface area contributed by atoms with Crippen LogP contribution in [0, 0.1) is 0 Å². The van der Waals surface area contributed by atoms with Crippen LogP contribution >= 0.6 is 11.3 Å². The highest BCUT2D eigenvalue weighted by Crippen LogP contribution is 2.46. The van der Waals surface area contributed by atoms with E-state index in [9.17, 15) is 0 Å². The molecule has 0 saturated heterocycles. The van der Waals surface area contributed by atoms with Gasteiger partial charge in [-0.05, 0) is 44.5 Å². The molecular formula is C51H29N3OS. The molecule has 0 aliphatic heterocycles. The first-order chi connectivity index (χ1) is 27.7. The normalized spacial score (nSPS) is 11.9. The van der Waals surface area contributed by atoms with E-state index in [0.29, 0.717) is 17.5 Å². The van der Waals surface area contributed by atoms with E-state index in [4.69, 9.17) is 19.4 Å². The third-order valence-corrected chi connectivity index (χ3v) is 12.4. The van der Waals surface area contributed by atoms with Gasteiger partial charge in [0.15, 0.2) is 17.5 Å². The predicted molar refractivity (Wildman–Crippen MR) is 234 cm³/mol. The number of para-hydroxylation sites is 1. The summed E-state index contributed by atoms with van der Waals surface area (Å²) in [4.78, 5) is 15.5. The zero-order chi connectivity index (χ0) is 36.7. The standard InChI is InChI=1S/C51H29N3OS/c1-2-13-33(14-3-1)49-52-50(34-26-25-32-24-23-30-11-4-6-15-35(30)43(32)29-34)54-51(53-49)42-21-10-22-44-45(42)41-20-8-17-37(46(41)55-44)38-18-9-19-39-40-28-27-31-12-5-7-16-36(31)47(40)56-48(38)39/h1-29H. The van der Waals surface area contributed by atoms with Gasteiger partial charge in [0.1, 0.15) is 11.2 Å². The number of hydrogen-bond donors (Lipinski definition) is 0. The molecule has 5 heteroatoms. The second-order valence-electron chi connectivity index (χ2n) is 14.3. The van der Waals surface area contributed by atoms with Gasteiger partial charge in [0, 0.05) is 58.8 Å². The van der Waals surface area contributed by atoms with Gasteiger partial charge in [0.05, 0.1) is 0 Å². The summed E-state index contributed by atoms with van der Waals surface area (Å²) in [6.07, 6.45) is 0. The summed E-state index contributed by atoms with van der Waals surface area (Å²) in [5, 5.41) is 11.8. The molecule has 0 saturated carbocycles. The van der Waals surface area contributed by atoms with Crippen LogP contribution in [-0.2, 0) is 0 Å². The molecule has 0 spiro atoms. The molecule has 0 atom stereocenters. The Bertz CT molecular complexity index is 3550. The summed E-state index contributed by atoms with van der Waals surface area (Å²) in [7, 11) is 0. The Morgan fingerprint density at radius 2 is 0.946 bits per heavy atom. The van der Waals surface area contributed by atoms with E-state index >= 15 is 0 Å². The van der Waals surface area contributed by atoms with Crippen LogP contribution in [0.1, 0.15) is 0 Å². The van der Waals surface area contributed by atoms with E-state index in [1.807, 2.05) is 53.8 Å². The van der Waals surface area contributed by atoms with E-state index in [1.54, 1.807) is 0 Å². The van der Waals surface area contributed by atoms with Crippen LogP contribution in [0.25, 0.3) is 120 Å². The Morgan fingerprint density at radius 1 is 0.357 bits per heavy atom. The zero-order valence-corrected chi connectivity index (χ0v) is 30.7. The van der Waals surface area contributed by atoms with Crippen molar-refractivity contribution in [2.24, 2.45) is 0 Å². The van der Waals surface area contributed by atoms with Crippen LogP contribution in [0.15, 0.2) is 180 Å². The van der Waals surface area contributed by atoms with E-state index in [0.717, 1.165) is 49.8 Å². The molecule has 0 amide bonds. The average Bonchev–Trinajstić information content (AvgIpc) is 3.86. The first-order valence-corrected chi connectivity index (χ1v) is 19.6. The maximum atomic E-state index is 6.85. The number of aromatic nitrogens is 3. The van der Waals surface area contributed by atoms with E-state index in [-0.39, 0.29) is 0 Å². The lowest BCUT2D eigenvalue weighted by Gasteiger charge is -2.10. The number of fused-ring (bicyclic) bond motifs is 11. The van der Waals surface area contributed by atoms with Gasteiger partial charge < -0.3 is 4.42 Å². The quantitative estimate of drug-likeness (QED) is 0.169. The number of rotatable bonds is 4. The summed E-state index contributed by atoms with van der Waals surface area (Å²) in [5.41, 5.74) is 6.64. The van der Waals surface area contributed by atoms with Gasteiger partial charge >= 0.3 is 0 Å². The van der Waals surface area contributed by atoms with Gasteiger partial charge in [-0.2, -0.15) is 0 Å². The lowest BCUT2D eigenvalue weighted by atomic mass is 9.98. The lowest BCUT2D eigenvalue weighted by molar-refractivity contribution is 0.670. The fraction of sp³-hybridized carbons (Fsp3) is 0. The molecule has 0 unspecified atom stereocenters. The molecule has 12 rings (SSSR count). The van der Waals surface area contributed by atoms with Gasteiger partial charge in [0.25, 0.3) is 0 Å². The van der Waals surface area contributed by atoms with Gasteiger partial charge in [-0.3, -0.25) is 0 Å². The van der Waals surface area contributed by atoms with E-state index in [2.05, 4.69) is 133 Å². The summed E-state index contributed by atoms with van der Waals surface area (Å²) in [5.74, 6) is 1.85. The van der Waals surface area contributed by atoms with Crippen molar-refractivity contribution in [1.29, 1.82) is 0 Å². The number of furan rings is 1. The Kier molecular flexibility index (Phi) is 6.76. The topological polar surface area (TPSA) is 51.8 Å². The SMILES string of the molecule is c1ccc(-c2nc(-c3ccc4ccc5ccccc5c4c3)nc(-c3cccc4oc5c(-c6cccc7c6sc6c8ccccc8ccc76)cccc5c34)n2)cc1. The number of hydrogen-bond acceptors (Lipinski definition) is 5. The molecule has 4 nitrogen and oxygen atoms in total. The first kappa shape index (κ1) is 31.2. The van der Waals surface area contributed by atoms with Crippen LogP contribution in [0.3, 0.4) is 0 Å². The fourth-order valence-electron chi connectivity index (χ4n) is 8.47. The largest absolute Gasteiger partial charge is 0.455 e. The lowest BCUT2D eigenvalue weighted by Crippen LogP contribution is -2.00. The second kappa shape index (κ2) is 12.2. The summed E-state index contributed by atoms with van der Waals surface area (Å²) in [6.45, 7) is 0. The van der Waals surface area contributed by atoms with Crippen LogP contribution in [0.5, 0.6) is 0 Å². The van der Waals surface area contributed by atoms with Crippen molar-refractivity contribution in [2.45, 2.75) is 0 Å². The molecule has 3 heterocycles. The summed E-state index contributed by atoms with van der Waals surface area (Å²) in [6, 6.07) is 61.9. The van der Waals surface area contributed by atoms with Crippen molar-refractivity contribution >= 4 is 85.8 Å². The second-order valence-corrected chi connectivity index (χ2v) is 15.3. The number of nitrogens with zero attached hydrogens (tertiary/aromatic N) is 3. The van der Waals surface area contributed by atoms with Gasteiger partial charge in [-0.1, -0.05) is 164 Å². The summed E-state index contributed by atoms with van der Waals surface area (Å²) >= 11 is 1.86. The maximum Gasteiger partial charge on any atom is 0.164 e. The van der Waals surface area contributed by atoms with Crippen LogP contribution in [0.2, 0.25) is 0 Å². The van der Waals surface area contributed by atoms with Crippen molar-refractivity contribution in [3.8, 4) is 45.3 Å². The van der Waals surface area contributed by atoms with Crippen molar-refractivity contribution in [3.63, 3.8) is 0 Å². The molecule has 0 fully saturated rings. The molecule has 260 valence electrons. The minimum absolute atomic E-state index is 0.601. The third-order valence-electron chi connectivity index (χ3n) is 11.1. The minimum atomic E-state index is 0.601. The highest BCUT2D eigenvalue weighted by molar-refractivity contribution is 7.27. The fourth-order valence-corrected chi connectivity index (χ4v) is 9.83. The molecular weight excluding hydrogens is 703 g/mol. The van der Waals surface area contributed by atoms with Crippen molar-refractivity contribution in [3.05, 3.63) is 176 Å². The predicted octanol–water partition coefficient (Wildman–Crippen LogP) is 14.3. The molecule has 12 aromatic rings. The average molecular weight is 732 g/mol. The van der Waals surface area contributed by atoms with Crippen molar-refractivity contribution < 1.29 is 4.42 Å². The zero-order valence-electron chi connectivity index (χ0n) is 29.9. The Morgan fingerprint density at radius 3 is 1.80 bits per heavy atom. The van der Waals surface area contributed by atoms with Gasteiger partial charge in [-0.25, -0.2) is 15.0 Å². The van der Waals surface area contributed by atoms with Crippen LogP contribution < -0.4 is 0 Å². The molecule has 56 heavy (non-hydrogen) atoms. The van der Waals surface area contributed by atoms with E-state index < -0.39 is 0 Å². The Labute approximate surface area is 325 Å². The summed E-state index contributed by atoms with van der Waals surface area (Å²) < 4.78 is 9.41. The van der Waals surface area contributed by atoms with Gasteiger partial charge in [-0.15, -0.1) is 11.3 Å². The molecule has 0 bridgehead atoms. The smallest absolute Gasteiger partial charge is 0.164 e. The molecule has 9 aromatic carbocycles. The third kappa shape index (κ3) is 4.75.